The summed E-state index contributed by atoms with van der Waals surface area (Å²) in [5.41, 5.74) is 1.82. The van der Waals surface area contributed by atoms with Crippen LogP contribution < -0.4 is 10.6 Å². The molecule has 1 amide bonds. The van der Waals surface area contributed by atoms with Gasteiger partial charge in [-0.05, 0) is 64.0 Å². The molecule has 1 unspecified atom stereocenters. The molecule has 0 radical (unpaired) electrons. The molecule has 1 atom stereocenters. The minimum Gasteiger partial charge on any atom is -0.325 e. The summed E-state index contributed by atoms with van der Waals surface area (Å²) in [5, 5.41) is 6.99. The van der Waals surface area contributed by atoms with Gasteiger partial charge < -0.3 is 10.6 Å². The van der Waals surface area contributed by atoms with Crippen molar-refractivity contribution in [1.82, 2.24) is 10.2 Å². The summed E-state index contributed by atoms with van der Waals surface area (Å²) < 4.78 is 0. The molecule has 1 aromatic rings. The topological polar surface area (TPSA) is 44.4 Å². The maximum Gasteiger partial charge on any atom is 0.238 e. The van der Waals surface area contributed by atoms with Gasteiger partial charge in [-0.15, -0.1) is 0 Å². The molecule has 1 saturated heterocycles. The first-order valence-corrected chi connectivity index (χ1v) is 7.91. The third kappa shape index (κ3) is 4.99. The standard InChI is InChI=1S/C16H24ClN3O/c1-12-5-6-13(17)10-15(12)19-16(21)11-20(2)14-4-3-8-18-9-7-14/h5-6,10,14,18H,3-4,7-9,11H2,1-2H3,(H,19,21). The average Bonchev–Trinajstić information content (AvgIpc) is 2.72. The van der Waals surface area contributed by atoms with Crippen LogP contribution in [-0.4, -0.2) is 43.5 Å². The minimum atomic E-state index is 0.0140. The third-order valence-corrected chi connectivity index (χ3v) is 4.27. The number of carbonyl (C=O) groups is 1. The van der Waals surface area contributed by atoms with Crippen LogP contribution in [0.15, 0.2) is 18.2 Å². The highest BCUT2D eigenvalue weighted by molar-refractivity contribution is 6.31. The summed E-state index contributed by atoms with van der Waals surface area (Å²) in [5.74, 6) is 0.0140. The minimum absolute atomic E-state index is 0.0140. The molecular weight excluding hydrogens is 286 g/mol. The number of amides is 1. The van der Waals surface area contributed by atoms with Crippen molar-refractivity contribution in [2.45, 2.75) is 32.2 Å². The highest BCUT2D eigenvalue weighted by atomic mass is 35.5. The van der Waals surface area contributed by atoms with Crippen molar-refractivity contribution in [3.63, 3.8) is 0 Å². The molecule has 5 heteroatoms. The fraction of sp³-hybridized carbons (Fsp3) is 0.562. The molecule has 0 saturated carbocycles. The zero-order valence-electron chi connectivity index (χ0n) is 12.8. The van der Waals surface area contributed by atoms with E-state index in [1.807, 2.05) is 26.1 Å². The van der Waals surface area contributed by atoms with Gasteiger partial charge >= 0.3 is 0 Å². The van der Waals surface area contributed by atoms with Crippen LogP contribution in [0, 0.1) is 6.92 Å². The number of aryl methyl sites for hydroxylation is 1. The van der Waals surface area contributed by atoms with Crippen molar-refractivity contribution in [3.05, 3.63) is 28.8 Å². The van der Waals surface area contributed by atoms with Crippen LogP contribution >= 0.6 is 11.6 Å². The molecule has 1 aromatic carbocycles. The molecule has 0 aromatic heterocycles. The molecule has 21 heavy (non-hydrogen) atoms. The number of anilines is 1. The lowest BCUT2D eigenvalue weighted by atomic mass is 10.1. The summed E-state index contributed by atoms with van der Waals surface area (Å²) >= 11 is 5.98. The number of halogens is 1. The SMILES string of the molecule is Cc1ccc(Cl)cc1NC(=O)CN(C)C1CCCNCC1. The molecule has 0 aliphatic carbocycles. The maximum absolute atomic E-state index is 12.2. The lowest BCUT2D eigenvalue weighted by molar-refractivity contribution is -0.117. The second kappa shape index (κ2) is 7.78. The van der Waals surface area contributed by atoms with Gasteiger partial charge in [0.25, 0.3) is 0 Å². The Morgan fingerprint density at radius 2 is 2.24 bits per heavy atom. The molecule has 2 N–H and O–H groups in total. The van der Waals surface area contributed by atoms with Crippen LogP contribution in [0.4, 0.5) is 5.69 Å². The molecule has 1 fully saturated rings. The summed E-state index contributed by atoms with van der Waals surface area (Å²) in [6.07, 6.45) is 3.41. The fourth-order valence-electron chi connectivity index (χ4n) is 2.72. The van der Waals surface area contributed by atoms with Gasteiger partial charge in [0, 0.05) is 16.8 Å². The molecule has 1 aliphatic heterocycles. The summed E-state index contributed by atoms with van der Waals surface area (Å²) in [6.45, 7) is 4.49. The molecule has 1 aliphatic rings. The van der Waals surface area contributed by atoms with Crippen molar-refractivity contribution >= 4 is 23.2 Å². The number of nitrogens with zero attached hydrogens (tertiary/aromatic N) is 1. The first-order valence-electron chi connectivity index (χ1n) is 7.53. The van der Waals surface area contributed by atoms with Gasteiger partial charge in [-0.2, -0.15) is 0 Å². The van der Waals surface area contributed by atoms with E-state index < -0.39 is 0 Å². The molecule has 1 heterocycles. The number of benzene rings is 1. The number of likely N-dealkylation sites (N-methyl/N-ethyl adjacent to an activating group) is 1. The lowest BCUT2D eigenvalue weighted by Crippen LogP contribution is -2.38. The van der Waals surface area contributed by atoms with Gasteiger partial charge in [0.15, 0.2) is 0 Å². The van der Waals surface area contributed by atoms with E-state index >= 15 is 0 Å². The van der Waals surface area contributed by atoms with Gasteiger partial charge in [0.2, 0.25) is 5.91 Å². The Labute approximate surface area is 131 Å². The fourth-order valence-corrected chi connectivity index (χ4v) is 2.89. The van der Waals surface area contributed by atoms with Crippen LogP contribution in [0.25, 0.3) is 0 Å². The highest BCUT2D eigenvalue weighted by Gasteiger charge is 2.19. The number of rotatable bonds is 4. The van der Waals surface area contributed by atoms with Gasteiger partial charge in [-0.25, -0.2) is 0 Å². The van der Waals surface area contributed by atoms with Crippen LogP contribution in [-0.2, 0) is 4.79 Å². The van der Waals surface area contributed by atoms with E-state index in [1.54, 1.807) is 6.07 Å². The quantitative estimate of drug-likeness (QED) is 0.899. The van der Waals surface area contributed by atoms with Crippen LogP contribution in [0.2, 0.25) is 5.02 Å². The highest BCUT2D eigenvalue weighted by Crippen LogP contribution is 2.20. The van der Waals surface area contributed by atoms with Crippen LogP contribution in [0.1, 0.15) is 24.8 Å². The Hall–Kier alpha value is -1.10. The van der Waals surface area contributed by atoms with Gasteiger partial charge in [-0.3, -0.25) is 9.69 Å². The zero-order valence-corrected chi connectivity index (χ0v) is 13.5. The number of carbonyl (C=O) groups excluding carboxylic acids is 1. The van der Waals surface area contributed by atoms with Crippen LogP contribution in [0.5, 0.6) is 0 Å². The summed E-state index contributed by atoms with van der Waals surface area (Å²) in [6, 6.07) is 6.02. The van der Waals surface area contributed by atoms with Gasteiger partial charge in [0.1, 0.15) is 0 Å². The second-order valence-electron chi connectivity index (χ2n) is 5.76. The Morgan fingerprint density at radius 3 is 3.05 bits per heavy atom. The van der Waals surface area contributed by atoms with E-state index in [1.165, 1.54) is 6.42 Å². The molecule has 2 rings (SSSR count). The average molecular weight is 310 g/mol. The van der Waals surface area contributed by atoms with Gasteiger partial charge in [0.05, 0.1) is 6.54 Å². The maximum atomic E-state index is 12.2. The van der Waals surface area contributed by atoms with Crippen LogP contribution in [0.3, 0.4) is 0 Å². The molecule has 0 spiro atoms. The van der Waals surface area contributed by atoms with E-state index in [9.17, 15) is 4.79 Å². The number of hydrogen-bond acceptors (Lipinski definition) is 3. The Kier molecular flexibility index (Phi) is 6.03. The second-order valence-corrected chi connectivity index (χ2v) is 6.19. The molecule has 116 valence electrons. The number of hydrogen-bond donors (Lipinski definition) is 2. The van der Waals surface area contributed by atoms with E-state index in [-0.39, 0.29) is 5.91 Å². The monoisotopic (exact) mass is 309 g/mol. The van der Waals surface area contributed by atoms with Crippen molar-refractivity contribution in [2.75, 3.05) is 32.0 Å². The first kappa shape index (κ1) is 16.3. The summed E-state index contributed by atoms with van der Waals surface area (Å²) in [7, 11) is 2.03. The smallest absolute Gasteiger partial charge is 0.238 e. The first-order chi connectivity index (χ1) is 10.1. The number of nitrogens with one attached hydrogen (secondary N) is 2. The summed E-state index contributed by atoms with van der Waals surface area (Å²) in [4.78, 5) is 14.4. The zero-order chi connectivity index (χ0) is 15.2. The lowest BCUT2D eigenvalue weighted by Gasteiger charge is -2.26. The van der Waals surface area contributed by atoms with E-state index in [0.29, 0.717) is 17.6 Å². The van der Waals surface area contributed by atoms with Crippen molar-refractivity contribution in [2.24, 2.45) is 0 Å². The Balaban J connectivity index is 1.89. The van der Waals surface area contributed by atoms with Crippen molar-refractivity contribution in [3.8, 4) is 0 Å². The predicted octanol–water partition coefficient (Wildman–Crippen LogP) is 2.66. The molecule has 4 nitrogen and oxygen atoms in total. The van der Waals surface area contributed by atoms with E-state index in [0.717, 1.165) is 37.2 Å². The Bertz CT molecular complexity index is 484. The Morgan fingerprint density at radius 1 is 1.43 bits per heavy atom. The molecule has 0 bridgehead atoms. The van der Waals surface area contributed by atoms with E-state index in [2.05, 4.69) is 15.5 Å². The normalized spacial score (nSPS) is 19.3. The third-order valence-electron chi connectivity index (χ3n) is 4.04. The van der Waals surface area contributed by atoms with Gasteiger partial charge in [-0.1, -0.05) is 17.7 Å². The molecular formula is C16H24ClN3O. The largest absolute Gasteiger partial charge is 0.325 e. The van der Waals surface area contributed by atoms with E-state index in [4.69, 9.17) is 11.6 Å². The predicted molar refractivity (Wildman–Crippen MR) is 88.0 cm³/mol. The van der Waals surface area contributed by atoms with Crippen molar-refractivity contribution < 1.29 is 4.79 Å². The van der Waals surface area contributed by atoms with Crippen molar-refractivity contribution in [1.29, 1.82) is 0 Å².